The Morgan fingerprint density at radius 3 is 2.70 bits per heavy atom. The number of nitrogens with one attached hydrogen (secondary N) is 1. The second-order valence-corrected chi connectivity index (χ2v) is 6.45. The Balaban J connectivity index is 2.27. The van der Waals surface area contributed by atoms with Gasteiger partial charge in [0.1, 0.15) is 5.54 Å². The molecule has 0 heterocycles. The van der Waals surface area contributed by atoms with Crippen molar-refractivity contribution in [3.63, 3.8) is 0 Å². The predicted molar refractivity (Wildman–Crippen MR) is 86.2 cm³/mol. The van der Waals surface area contributed by atoms with Crippen LogP contribution in [-0.4, -0.2) is 22.5 Å². The van der Waals surface area contributed by atoms with Gasteiger partial charge in [-0.05, 0) is 53.6 Å². The van der Waals surface area contributed by atoms with E-state index in [-0.39, 0.29) is 11.7 Å². The van der Waals surface area contributed by atoms with Crippen molar-refractivity contribution < 1.29 is 10.0 Å². The molecule has 1 amide bonds. The molecular formula is C13H15ClIN3O2. The van der Waals surface area contributed by atoms with Gasteiger partial charge in [0.15, 0.2) is 5.84 Å². The summed E-state index contributed by atoms with van der Waals surface area (Å²) in [5, 5.41) is 15.4. The Labute approximate surface area is 135 Å². The lowest BCUT2D eigenvalue weighted by molar-refractivity contribution is 0.0921. The van der Waals surface area contributed by atoms with Crippen molar-refractivity contribution >= 4 is 45.9 Å². The predicted octanol–water partition coefficient (Wildman–Crippen LogP) is 2.73. The first-order chi connectivity index (χ1) is 9.48. The van der Waals surface area contributed by atoms with Gasteiger partial charge < -0.3 is 16.3 Å². The average molecular weight is 408 g/mol. The van der Waals surface area contributed by atoms with Gasteiger partial charge in [0, 0.05) is 8.59 Å². The molecule has 0 radical (unpaired) electrons. The molecule has 4 N–H and O–H groups in total. The summed E-state index contributed by atoms with van der Waals surface area (Å²) in [6.45, 7) is 0. The summed E-state index contributed by atoms with van der Waals surface area (Å²) in [4.78, 5) is 12.4. The van der Waals surface area contributed by atoms with Crippen LogP contribution < -0.4 is 11.1 Å². The van der Waals surface area contributed by atoms with Crippen LogP contribution in [0, 0.1) is 3.57 Å². The summed E-state index contributed by atoms with van der Waals surface area (Å²) in [7, 11) is 0. The fraction of sp³-hybridized carbons (Fsp3) is 0.385. The molecule has 0 aromatic heterocycles. The van der Waals surface area contributed by atoms with E-state index in [9.17, 15) is 4.79 Å². The SMILES string of the molecule is N/C(=N/O)C1(NC(=O)c2cc(Cl)ccc2I)CCCC1. The quantitative estimate of drug-likeness (QED) is 0.237. The smallest absolute Gasteiger partial charge is 0.253 e. The molecule has 2 rings (SSSR count). The van der Waals surface area contributed by atoms with Gasteiger partial charge in [-0.25, -0.2) is 0 Å². The van der Waals surface area contributed by atoms with E-state index in [4.69, 9.17) is 22.5 Å². The third kappa shape index (κ3) is 3.01. The molecular weight excluding hydrogens is 393 g/mol. The second-order valence-electron chi connectivity index (χ2n) is 4.85. The fourth-order valence-electron chi connectivity index (χ4n) is 2.48. The number of rotatable bonds is 3. The van der Waals surface area contributed by atoms with Crippen molar-refractivity contribution in [3.05, 3.63) is 32.4 Å². The van der Waals surface area contributed by atoms with Crippen molar-refractivity contribution in [2.75, 3.05) is 0 Å². The molecule has 1 aromatic carbocycles. The standard InChI is InChI=1S/C13H15ClIN3O2/c14-8-3-4-10(15)9(7-8)11(19)17-13(12(16)18-20)5-1-2-6-13/h3-4,7,20H,1-2,5-6H2,(H2,16,18)(H,17,19). The van der Waals surface area contributed by atoms with Gasteiger partial charge in [-0.1, -0.05) is 29.6 Å². The molecule has 1 fully saturated rings. The number of hydrogen-bond donors (Lipinski definition) is 3. The van der Waals surface area contributed by atoms with Crippen molar-refractivity contribution in [1.82, 2.24) is 5.32 Å². The molecule has 1 aliphatic carbocycles. The maximum absolute atomic E-state index is 12.4. The number of nitrogens with two attached hydrogens (primary N) is 1. The number of amidine groups is 1. The van der Waals surface area contributed by atoms with Crippen LogP contribution in [0.2, 0.25) is 5.02 Å². The first-order valence-electron chi connectivity index (χ1n) is 6.24. The summed E-state index contributed by atoms with van der Waals surface area (Å²) >= 11 is 8.01. The van der Waals surface area contributed by atoms with E-state index >= 15 is 0 Å². The Morgan fingerprint density at radius 2 is 2.10 bits per heavy atom. The van der Waals surface area contributed by atoms with Gasteiger partial charge >= 0.3 is 0 Å². The number of hydrogen-bond acceptors (Lipinski definition) is 3. The summed E-state index contributed by atoms with van der Waals surface area (Å²) < 4.78 is 0.803. The minimum atomic E-state index is -0.753. The van der Waals surface area contributed by atoms with Gasteiger partial charge in [-0.15, -0.1) is 0 Å². The zero-order valence-corrected chi connectivity index (χ0v) is 13.6. The van der Waals surface area contributed by atoms with Crippen molar-refractivity contribution in [1.29, 1.82) is 0 Å². The molecule has 20 heavy (non-hydrogen) atoms. The maximum atomic E-state index is 12.4. The number of nitrogens with zero attached hydrogens (tertiary/aromatic N) is 1. The van der Waals surface area contributed by atoms with Gasteiger partial charge in [0.2, 0.25) is 0 Å². The lowest BCUT2D eigenvalue weighted by Crippen LogP contribution is -2.55. The molecule has 0 atom stereocenters. The molecule has 1 aliphatic rings. The fourth-order valence-corrected chi connectivity index (χ4v) is 3.23. The van der Waals surface area contributed by atoms with Gasteiger partial charge in [0.25, 0.3) is 5.91 Å². The van der Waals surface area contributed by atoms with Gasteiger partial charge in [0.05, 0.1) is 5.56 Å². The lowest BCUT2D eigenvalue weighted by Gasteiger charge is -2.29. The molecule has 0 unspecified atom stereocenters. The summed E-state index contributed by atoms with van der Waals surface area (Å²) in [6, 6.07) is 5.13. The monoisotopic (exact) mass is 407 g/mol. The molecule has 5 nitrogen and oxygen atoms in total. The van der Waals surface area contributed by atoms with Crippen molar-refractivity contribution in [2.45, 2.75) is 31.2 Å². The Morgan fingerprint density at radius 1 is 1.45 bits per heavy atom. The highest BCUT2D eigenvalue weighted by Gasteiger charge is 2.40. The number of carbonyl (C=O) groups excluding carboxylic acids is 1. The van der Waals surface area contributed by atoms with Crippen molar-refractivity contribution in [2.24, 2.45) is 10.9 Å². The Bertz CT molecular complexity index is 557. The van der Waals surface area contributed by atoms with E-state index in [1.807, 2.05) is 0 Å². The van der Waals surface area contributed by atoms with Crippen LogP contribution >= 0.6 is 34.2 Å². The van der Waals surface area contributed by atoms with Crippen LogP contribution in [-0.2, 0) is 0 Å². The van der Waals surface area contributed by atoms with E-state index in [2.05, 4.69) is 33.1 Å². The van der Waals surface area contributed by atoms with Crippen LogP contribution in [0.1, 0.15) is 36.0 Å². The average Bonchev–Trinajstić information content (AvgIpc) is 2.90. The minimum Gasteiger partial charge on any atom is -0.409 e. The number of halogens is 2. The Hall–Kier alpha value is -1.02. The highest BCUT2D eigenvalue weighted by atomic mass is 127. The third-order valence-electron chi connectivity index (χ3n) is 3.58. The second kappa shape index (κ2) is 6.17. The van der Waals surface area contributed by atoms with E-state index in [0.29, 0.717) is 23.4 Å². The van der Waals surface area contributed by atoms with Crippen LogP contribution in [0.4, 0.5) is 0 Å². The maximum Gasteiger partial charge on any atom is 0.253 e. The largest absolute Gasteiger partial charge is 0.409 e. The molecule has 0 saturated heterocycles. The molecule has 0 aliphatic heterocycles. The topological polar surface area (TPSA) is 87.7 Å². The lowest BCUT2D eigenvalue weighted by atomic mass is 9.95. The van der Waals surface area contributed by atoms with E-state index < -0.39 is 5.54 Å². The highest BCUT2D eigenvalue weighted by Crippen LogP contribution is 2.30. The number of amides is 1. The van der Waals surface area contributed by atoms with Crippen LogP contribution in [0.25, 0.3) is 0 Å². The van der Waals surface area contributed by atoms with Crippen LogP contribution in [0.3, 0.4) is 0 Å². The number of benzene rings is 1. The summed E-state index contributed by atoms with van der Waals surface area (Å²) in [6.07, 6.45) is 3.21. The number of oxime groups is 1. The first-order valence-corrected chi connectivity index (χ1v) is 7.70. The van der Waals surface area contributed by atoms with Crippen molar-refractivity contribution in [3.8, 4) is 0 Å². The van der Waals surface area contributed by atoms with E-state index in [1.54, 1.807) is 18.2 Å². The third-order valence-corrected chi connectivity index (χ3v) is 4.76. The molecule has 108 valence electrons. The van der Waals surface area contributed by atoms with Gasteiger partial charge in [-0.2, -0.15) is 0 Å². The summed E-state index contributed by atoms with van der Waals surface area (Å²) in [5.74, 6) is -0.203. The normalized spacial score (nSPS) is 18.0. The molecule has 7 heteroatoms. The van der Waals surface area contributed by atoms with E-state index in [0.717, 1.165) is 16.4 Å². The molecule has 1 saturated carbocycles. The Kier molecular flexibility index (Phi) is 4.74. The first kappa shape index (κ1) is 15.4. The van der Waals surface area contributed by atoms with Gasteiger partial charge in [-0.3, -0.25) is 4.79 Å². The minimum absolute atomic E-state index is 0.0559. The zero-order chi connectivity index (χ0) is 14.8. The molecule has 0 bridgehead atoms. The molecule has 1 aromatic rings. The van der Waals surface area contributed by atoms with Crippen LogP contribution in [0.15, 0.2) is 23.4 Å². The highest BCUT2D eigenvalue weighted by molar-refractivity contribution is 14.1. The number of carbonyl (C=O) groups is 1. The summed E-state index contributed by atoms with van der Waals surface area (Å²) in [5.41, 5.74) is 5.51. The van der Waals surface area contributed by atoms with E-state index in [1.165, 1.54) is 0 Å². The van der Waals surface area contributed by atoms with Crippen LogP contribution in [0.5, 0.6) is 0 Å². The molecule has 0 spiro atoms. The zero-order valence-electron chi connectivity index (χ0n) is 10.7.